The topological polar surface area (TPSA) is 26.0 Å². The van der Waals surface area contributed by atoms with Gasteiger partial charge in [-0.1, -0.05) is 127 Å². The molecule has 0 fully saturated rings. The van der Waals surface area contributed by atoms with E-state index in [9.17, 15) is 0 Å². The molecule has 0 spiro atoms. The van der Waals surface area contributed by atoms with Gasteiger partial charge in [-0.25, -0.2) is 0 Å². The fraction of sp³-hybridized carbons (Fsp3) is 0.750. The highest BCUT2D eigenvalue weighted by molar-refractivity contribution is 5.22. The maximum Gasteiger partial charge on any atom is 0.0381 e. The van der Waals surface area contributed by atoms with E-state index < -0.39 is 0 Å². The molecule has 0 heterocycles. The summed E-state index contributed by atoms with van der Waals surface area (Å²) in [5, 5.41) is 0. The molecule has 0 aliphatic heterocycles. The predicted octanol–water partition coefficient (Wildman–Crippen LogP) is 7.73. The van der Waals surface area contributed by atoms with E-state index in [4.69, 9.17) is 5.73 Å². The van der Waals surface area contributed by atoms with Crippen LogP contribution in [0, 0.1) is 0 Å². The Morgan fingerprint density at radius 2 is 1.04 bits per heavy atom. The highest BCUT2D eigenvalue weighted by atomic mass is 14.7. The van der Waals surface area contributed by atoms with Gasteiger partial charge >= 0.3 is 0 Å². The monoisotopic (exact) mass is 345 g/mol. The number of hydrogen-bond acceptors (Lipinski definition) is 1. The molecular weight excluding hydrogens is 302 g/mol. The third-order valence-electron chi connectivity index (χ3n) is 5.48. The van der Waals surface area contributed by atoms with Crippen molar-refractivity contribution in [1.29, 1.82) is 0 Å². The summed E-state index contributed by atoms with van der Waals surface area (Å²) in [6.45, 7) is 4.46. The second kappa shape index (κ2) is 14.4. The summed E-state index contributed by atoms with van der Waals surface area (Å²) >= 11 is 0. The van der Waals surface area contributed by atoms with Crippen LogP contribution in [0.2, 0.25) is 0 Å². The van der Waals surface area contributed by atoms with Crippen LogP contribution in [0.1, 0.15) is 116 Å². The minimum absolute atomic E-state index is 0.168. The average molecular weight is 346 g/mol. The summed E-state index contributed by atoms with van der Waals surface area (Å²) in [6.07, 6.45) is 20.8. The third-order valence-corrected chi connectivity index (χ3v) is 5.48. The molecule has 0 saturated carbocycles. The fourth-order valence-electron chi connectivity index (χ4n) is 3.65. The first-order valence-corrected chi connectivity index (χ1v) is 11.0. The first-order chi connectivity index (χ1) is 12.2. The zero-order valence-corrected chi connectivity index (χ0v) is 17.1. The van der Waals surface area contributed by atoms with Crippen LogP contribution in [-0.2, 0) is 5.54 Å². The van der Waals surface area contributed by atoms with Crippen molar-refractivity contribution in [3.05, 3.63) is 35.9 Å². The molecule has 0 aromatic heterocycles. The smallest absolute Gasteiger partial charge is 0.0381 e. The van der Waals surface area contributed by atoms with E-state index in [-0.39, 0.29) is 5.54 Å². The number of benzene rings is 1. The third kappa shape index (κ3) is 11.4. The van der Waals surface area contributed by atoms with Crippen LogP contribution < -0.4 is 5.73 Å². The molecule has 0 bridgehead atoms. The lowest BCUT2D eigenvalue weighted by atomic mass is 9.87. The van der Waals surface area contributed by atoms with Crippen LogP contribution in [0.25, 0.3) is 0 Å². The summed E-state index contributed by atoms with van der Waals surface area (Å²) in [5.74, 6) is 0. The number of hydrogen-bond donors (Lipinski definition) is 1. The van der Waals surface area contributed by atoms with E-state index in [1.165, 1.54) is 95.5 Å². The molecule has 0 amide bonds. The summed E-state index contributed by atoms with van der Waals surface area (Å²) in [4.78, 5) is 0. The van der Waals surface area contributed by atoms with E-state index >= 15 is 0 Å². The second-order valence-electron chi connectivity index (χ2n) is 8.13. The van der Waals surface area contributed by atoms with Gasteiger partial charge in [-0.2, -0.15) is 0 Å². The van der Waals surface area contributed by atoms with E-state index in [2.05, 4.69) is 44.2 Å². The SMILES string of the molecule is CCCCCCCCCCCCCCCCC(C)(N)c1ccccc1. The van der Waals surface area contributed by atoms with Gasteiger partial charge in [0.1, 0.15) is 0 Å². The fourth-order valence-corrected chi connectivity index (χ4v) is 3.65. The maximum absolute atomic E-state index is 6.49. The molecule has 144 valence electrons. The first-order valence-electron chi connectivity index (χ1n) is 11.0. The average Bonchev–Trinajstić information content (AvgIpc) is 2.63. The van der Waals surface area contributed by atoms with Gasteiger partial charge in [-0.15, -0.1) is 0 Å². The van der Waals surface area contributed by atoms with E-state index in [1.807, 2.05) is 0 Å². The van der Waals surface area contributed by atoms with Crippen LogP contribution in [0.3, 0.4) is 0 Å². The zero-order chi connectivity index (χ0) is 18.2. The van der Waals surface area contributed by atoms with Crippen molar-refractivity contribution >= 4 is 0 Å². The molecule has 0 aliphatic carbocycles. The number of nitrogens with two attached hydrogens (primary N) is 1. The summed E-state index contributed by atoms with van der Waals surface area (Å²) in [5.41, 5.74) is 7.59. The Labute approximate surface area is 157 Å². The van der Waals surface area contributed by atoms with E-state index in [1.54, 1.807) is 0 Å². The number of unbranched alkanes of at least 4 members (excludes halogenated alkanes) is 13. The molecule has 1 nitrogen and oxygen atoms in total. The molecule has 0 aliphatic rings. The van der Waals surface area contributed by atoms with Crippen molar-refractivity contribution in [2.45, 2.75) is 116 Å². The Kier molecular flexibility index (Phi) is 12.8. The molecular formula is C24H43N. The van der Waals surface area contributed by atoms with Crippen LogP contribution in [0.15, 0.2) is 30.3 Å². The van der Waals surface area contributed by atoms with Gasteiger partial charge in [0, 0.05) is 5.54 Å². The lowest BCUT2D eigenvalue weighted by molar-refractivity contribution is 0.420. The molecule has 1 rings (SSSR count). The molecule has 1 atom stereocenters. The summed E-state index contributed by atoms with van der Waals surface area (Å²) in [6, 6.07) is 10.6. The van der Waals surface area contributed by atoms with Gasteiger partial charge in [0.05, 0.1) is 0 Å². The van der Waals surface area contributed by atoms with Crippen LogP contribution in [0.5, 0.6) is 0 Å². The molecule has 1 aromatic rings. The molecule has 1 heteroatoms. The highest BCUT2D eigenvalue weighted by Crippen LogP contribution is 2.24. The highest BCUT2D eigenvalue weighted by Gasteiger charge is 2.19. The number of rotatable bonds is 16. The van der Waals surface area contributed by atoms with Gasteiger partial charge in [-0.3, -0.25) is 0 Å². The second-order valence-corrected chi connectivity index (χ2v) is 8.13. The Balaban J connectivity index is 1.87. The van der Waals surface area contributed by atoms with Gasteiger partial charge < -0.3 is 5.73 Å². The van der Waals surface area contributed by atoms with Crippen molar-refractivity contribution in [3.63, 3.8) is 0 Å². The Bertz CT molecular complexity index is 396. The van der Waals surface area contributed by atoms with Crippen LogP contribution in [-0.4, -0.2) is 0 Å². The van der Waals surface area contributed by atoms with Crippen molar-refractivity contribution < 1.29 is 0 Å². The normalized spacial score (nSPS) is 13.7. The van der Waals surface area contributed by atoms with E-state index in [0.29, 0.717) is 0 Å². The Hall–Kier alpha value is -0.820. The van der Waals surface area contributed by atoms with Crippen molar-refractivity contribution in [2.24, 2.45) is 5.73 Å². The Morgan fingerprint density at radius 1 is 0.640 bits per heavy atom. The Morgan fingerprint density at radius 3 is 1.48 bits per heavy atom. The zero-order valence-electron chi connectivity index (χ0n) is 17.1. The molecule has 25 heavy (non-hydrogen) atoms. The van der Waals surface area contributed by atoms with Crippen LogP contribution in [0.4, 0.5) is 0 Å². The van der Waals surface area contributed by atoms with Gasteiger partial charge in [0.25, 0.3) is 0 Å². The molecule has 0 radical (unpaired) electrons. The van der Waals surface area contributed by atoms with Gasteiger partial charge in [0.2, 0.25) is 0 Å². The standard InChI is InChI=1S/C24H43N/c1-3-4-5-6-7-8-9-10-11-12-13-14-15-19-22-24(2,25)23-20-17-16-18-21-23/h16-18,20-21H,3-15,19,22,25H2,1-2H3. The molecule has 0 saturated heterocycles. The van der Waals surface area contributed by atoms with Gasteiger partial charge in [-0.05, 0) is 18.9 Å². The summed E-state index contributed by atoms with van der Waals surface area (Å²) in [7, 11) is 0. The lowest BCUT2D eigenvalue weighted by Crippen LogP contribution is -2.32. The molecule has 1 unspecified atom stereocenters. The quantitative estimate of drug-likeness (QED) is 0.305. The largest absolute Gasteiger partial charge is 0.322 e. The van der Waals surface area contributed by atoms with Gasteiger partial charge in [0.15, 0.2) is 0 Å². The van der Waals surface area contributed by atoms with Crippen molar-refractivity contribution in [2.75, 3.05) is 0 Å². The lowest BCUT2D eigenvalue weighted by Gasteiger charge is -2.25. The van der Waals surface area contributed by atoms with E-state index in [0.717, 1.165) is 6.42 Å². The predicted molar refractivity (Wildman–Crippen MR) is 113 cm³/mol. The van der Waals surface area contributed by atoms with Crippen LogP contribution >= 0.6 is 0 Å². The minimum atomic E-state index is -0.168. The maximum atomic E-state index is 6.49. The van der Waals surface area contributed by atoms with Crippen molar-refractivity contribution in [1.82, 2.24) is 0 Å². The molecule has 1 aromatic carbocycles. The molecule has 2 N–H and O–H groups in total. The minimum Gasteiger partial charge on any atom is -0.322 e. The van der Waals surface area contributed by atoms with Crippen molar-refractivity contribution in [3.8, 4) is 0 Å². The first kappa shape index (κ1) is 22.2. The summed E-state index contributed by atoms with van der Waals surface area (Å²) < 4.78 is 0.